The van der Waals surface area contributed by atoms with Crippen molar-refractivity contribution in [1.29, 1.82) is 0 Å². The summed E-state index contributed by atoms with van der Waals surface area (Å²) in [5.41, 5.74) is 0.604. The molecule has 1 aromatic carbocycles. The number of allylic oxidation sites excluding steroid dienone is 4. The molecule has 0 heterocycles. The van der Waals surface area contributed by atoms with E-state index in [1.165, 1.54) is 11.2 Å². The Morgan fingerprint density at radius 3 is 2.10 bits per heavy atom. The zero-order valence-electron chi connectivity index (χ0n) is 12.6. The summed E-state index contributed by atoms with van der Waals surface area (Å²) < 4.78 is 0. The third kappa shape index (κ3) is 23.9. The van der Waals surface area contributed by atoms with Gasteiger partial charge in [-0.1, -0.05) is 19.4 Å². The molecular formula is C18H22MnO2-4. The molecule has 1 aromatic rings. The van der Waals surface area contributed by atoms with E-state index >= 15 is 0 Å². The Kier molecular flexibility index (Phi) is 27.5. The number of benzene rings is 1. The van der Waals surface area contributed by atoms with Crippen molar-refractivity contribution >= 4 is 11.1 Å². The van der Waals surface area contributed by atoms with Crippen LogP contribution in [0.15, 0.2) is 48.6 Å². The number of unbranched alkanes of at least 4 members (excludes halogenated alkanes) is 1. The van der Waals surface area contributed by atoms with E-state index in [2.05, 4.69) is 41.6 Å². The summed E-state index contributed by atoms with van der Waals surface area (Å²) in [4.78, 5) is 19.8. The first-order valence-corrected chi connectivity index (χ1v) is 6.77. The van der Waals surface area contributed by atoms with Crippen LogP contribution >= 0.6 is 0 Å². The van der Waals surface area contributed by atoms with Gasteiger partial charge < -0.3 is 19.1 Å². The van der Waals surface area contributed by atoms with Gasteiger partial charge in [0, 0.05) is 0 Å². The second kappa shape index (κ2) is 23.6. The maximum Gasteiger partial charge on any atom is -0.0678 e. The molecule has 0 radical (unpaired) electrons. The third-order valence-electron chi connectivity index (χ3n) is 1.83. The topological polar surface area (TPSA) is 34.1 Å². The monoisotopic (exact) mass is 325 g/mol. The van der Waals surface area contributed by atoms with Gasteiger partial charge in [-0.3, -0.25) is 6.08 Å². The Balaban J connectivity index is -0.000000219. The van der Waals surface area contributed by atoms with Gasteiger partial charge in [0.25, 0.3) is 0 Å². The molecule has 2 nitrogen and oxygen atoms in total. The summed E-state index contributed by atoms with van der Waals surface area (Å²) in [6.45, 7) is 5.72. The summed E-state index contributed by atoms with van der Waals surface area (Å²) in [5, 5.41) is 0. The molecule has 0 aromatic heterocycles. The van der Waals surface area contributed by atoms with Gasteiger partial charge in [0.05, 0.1) is 6.29 Å². The largest absolute Gasteiger partial charge is 0.358 e. The molecule has 21 heavy (non-hydrogen) atoms. The van der Waals surface area contributed by atoms with Crippen LogP contribution in [0, 0.1) is 20.4 Å². The van der Waals surface area contributed by atoms with E-state index in [0.29, 0.717) is 5.56 Å². The van der Waals surface area contributed by atoms with Gasteiger partial charge in [0.15, 0.2) is 0 Å². The smallest absolute Gasteiger partial charge is 0.0678 e. The summed E-state index contributed by atoms with van der Waals surface area (Å²) in [5.74, 6) is 0. The van der Waals surface area contributed by atoms with Crippen LogP contribution in [-0.4, -0.2) is 11.1 Å². The average Bonchev–Trinajstić information content (AvgIpc) is 3.09. The molecule has 0 amide bonds. The van der Waals surface area contributed by atoms with Crippen molar-refractivity contribution in [3.63, 3.8) is 0 Å². The zero-order valence-corrected chi connectivity index (χ0v) is 13.8. The molecule has 2 rings (SSSR count). The molecule has 0 atom stereocenters. The van der Waals surface area contributed by atoms with Crippen molar-refractivity contribution in [3.05, 3.63) is 74.5 Å². The number of hydrogen-bond donors (Lipinski definition) is 0. The summed E-state index contributed by atoms with van der Waals surface area (Å²) in [6.07, 6.45) is 14.1. The summed E-state index contributed by atoms with van der Waals surface area (Å²) in [7, 11) is 0. The van der Waals surface area contributed by atoms with Crippen LogP contribution in [0.2, 0.25) is 0 Å². The van der Waals surface area contributed by atoms with E-state index in [1.807, 2.05) is 18.2 Å². The van der Waals surface area contributed by atoms with Crippen LogP contribution < -0.4 is 0 Å². The van der Waals surface area contributed by atoms with E-state index in [-0.39, 0.29) is 7.43 Å². The van der Waals surface area contributed by atoms with Gasteiger partial charge >= 0.3 is 25.2 Å². The second-order valence-electron chi connectivity index (χ2n) is 3.40. The average molecular weight is 325 g/mol. The Morgan fingerprint density at radius 1 is 1.38 bits per heavy atom. The van der Waals surface area contributed by atoms with Gasteiger partial charge in [0.1, 0.15) is 0 Å². The van der Waals surface area contributed by atoms with Gasteiger partial charge in [0.2, 0.25) is 0 Å². The maximum absolute atomic E-state index is 9.88. The molecule has 1 aliphatic rings. The molecule has 1 aliphatic carbocycles. The Morgan fingerprint density at radius 2 is 1.90 bits per heavy atom. The number of rotatable bonds is 2. The van der Waals surface area contributed by atoms with E-state index in [1.54, 1.807) is 30.6 Å². The Labute approximate surface area is 137 Å². The van der Waals surface area contributed by atoms with Gasteiger partial charge in [-0.25, -0.2) is 12.2 Å². The molecule has 0 bridgehead atoms. The fraction of sp³-hybridized carbons (Fsp3) is 0.222. The fourth-order valence-electron chi connectivity index (χ4n) is 0.846. The molecule has 3 heteroatoms. The first-order chi connectivity index (χ1) is 9.76. The van der Waals surface area contributed by atoms with E-state index < -0.39 is 0 Å². The van der Waals surface area contributed by atoms with Crippen LogP contribution in [0.25, 0.3) is 0 Å². The molecule has 0 aliphatic heterocycles. The quantitative estimate of drug-likeness (QED) is 0.605. The van der Waals surface area contributed by atoms with Crippen LogP contribution in [0.1, 0.15) is 31.7 Å². The molecule has 0 saturated carbocycles. The normalized spacial score (nSPS) is 9.24. The van der Waals surface area contributed by atoms with Crippen LogP contribution in [0.4, 0.5) is 0 Å². The van der Waals surface area contributed by atoms with Crippen molar-refractivity contribution in [2.75, 3.05) is 0 Å². The fourth-order valence-corrected chi connectivity index (χ4v) is 0.846. The molecule has 0 N–H and O–H groups in total. The van der Waals surface area contributed by atoms with E-state index in [0.717, 1.165) is 12.8 Å². The number of carbonyl (C=O) groups excluding carboxylic acids is 2. The van der Waals surface area contributed by atoms with Crippen molar-refractivity contribution < 1.29 is 25.2 Å². The molecule has 0 spiro atoms. The van der Waals surface area contributed by atoms with Gasteiger partial charge in [-0.05, 0) is 0 Å². The SMILES string of the molecule is O=[C-]c1ccccc1.O=[C]=[Mn].[C-]1=CC=CC1.[CH2-]CCC.[CH3-]. The van der Waals surface area contributed by atoms with E-state index in [4.69, 9.17) is 4.79 Å². The van der Waals surface area contributed by atoms with Crippen LogP contribution in [-0.2, 0) is 25.2 Å². The summed E-state index contributed by atoms with van der Waals surface area (Å²) >= 11 is 2.34. The van der Waals surface area contributed by atoms with Gasteiger partial charge in [-0.15, -0.1) is 18.6 Å². The minimum atomic E-state index is 0. The second-order valence-corrected chi connectivity index (χ2v) is 3.64. The molecular weight excluding hydrogens is 303 g/mol. The third-order valence-corrected chi connectivity index (χ3v) is 1.83. The Hall–Kier alpha value is -1.53. The maximum atomic E-state index is 9.88. The molecule has 0 unspecified atom stereocenters. The minimum absolute atomic E-state index is 0. The minimum Gasteiger partial charge on any atom is -0.358 e. The Bertz CT molecular complexity index is 390. The molecule has 0 saturated heterocycles. The van der Waals surface area contributed by atoms with Gasteiger partial charge in [-0.2, -0.15) is 30.2 Å². The standard InChI is InChI=1S/C7H5O.C5H5.C4H9.CO.CH3.Mn/c8-6-7-4-2-1-3-5-7;1-2-4-5-3-1;1-3-4-2;1-2;;/h1-5H;1-3H,4H2;1,3-4H2,2H3;;1H3;/q3*-1;;-1;. The molecule has 0 fully saturated rings. The van der Waals surface area contributed by atoms with Crippen LogP contribution in [0.5, 0.6) is 0 Å². The van der Waals surface area contributed by atoms with Crippen LogP contribution in [0.3, 0.4) is 0 Å². The number of hydrogen-bond acceptors (Lipinski definition) is 2. The van der Waals surface area contributed by atoms with Crippen molar-refractivity contribution in [2.24, 2.45) is 0 Å². The zero-order chi connectivity index (χ0) is 15.5. The van der Waals surface area contributed by atoms with Crippen molar-refractivity contribution in [2.45, 2.75) is 26.2 Å². The molecule has 117 valence electrons. The predicted octanol–water partition coefficient (Wildman–Crippen LogP) is 4.12. The van der Waals surface area contributed by atoms with Crippen molar-refractivity contribution in [1.82, 2.24) is 0 Å². The summed E-state index contributed by atoms with van der Waals surface area (Å²) in [6, 6.07) is 8.90. The van der Waals surface area contributed by atoms with Crippen molar-refractivity contribution in [3.8, 4) is 0 Å². The van der Waals surface area contributed by atoms with E-state index in [9.17, 15) is 4.79 Å². The predicted molar refractivity (Wildman–Crippen MR) is 85.2 cm³/mol. The first kappa shape index (κ1) is 24.5. The first-order valence-electron chi connectivity index (χ1n) is 6.18.